The van der Waals surface area contributed by atoms with Gasteiger partial charge in [-0.25, -0.2) is 0 Å². The summed E-state index contributed by atoms with van der Waals surface area (Å²) >= 11 is 0. The van der Waals surface area contributed by atoms with Crippen LogP contribution in [-0.4, -0.2) is 47.8 Å². The molecule has 0 bridgehead atoms. The predicted molar refractivity (Wildman–Crippen MR) is 108 cm³/mol. The van der Waals surface area contributed by atoms with Gasteiger partial charge in [-0.2, -0.15) is 0 Å². The van der Waals surface area contributed by atoms with Crippen molar-refractivity contribution in [3.8, 4) is 23.0 Å². The van der Waals surface area contributed by atoms with E-state index >= 15 is 0 Å². The van der Waals surface area contributed by atoms with Crippen molar-refractivity contribution in [2.24, 2.45) is 0 Å². The highest BCUT2D eigenvalue weighted by Gasteiger charge is 2.17. The fourth-order valence-electron chi connectivity index (χ4n) is 2.36. The van der Waals surface area contributed by atoms with E-state index in [1.807, 2.05) is 6.07 Å². The Morgan fingerprint density at radius 2 is 1.57 bits per heavy atom. The smallest absolute Gasteiger partial charge is 0.306 e. The van der Waals surface area contributed by atoms with Gasteiger partial charge in [-0.15, -0.1) is 20.4 Å². The van der Waals surface area contributed by atoms with Crippen LogP contribution < -0.4 is 5.32 Å². The number of aromatic nitrogens is 6. The molecule has 3 aromatic heterocycles. The number of hydrogen-bond acceptors (Lipinski definition) is 9. The Morgan fingerprint density at radius 1 is 0.900 bits per heavy atom. The molecule has 0 aliphatic heterocycles. The van der Waals surface area contributed by atoms with Gasteiger partial charge in [0.15, 0.2) is 0 Å². The van der Waals surface area contributed by atoms with Crippen molar-refractivity contribution in [2.75, 3.05) is 5.32 Å². The van der Waals surface area contributed by atoms with Crippen LogP contribution in [0.5, 0.6) is 0 Å². The van der Waals surface area contributed by atoms with Crippen molar-refractivity contribution in [3.63, 3.8) is 0 Å². The Balaban J connectivity index is 1.56. The Labute approximate surface area is 173 Å². The van der Waals surface area contributed by atoms with Gasteiger partial charge in [0.2, 0.25) is 17.6 Å². The normalized spacial score (nSPS) is 11.0. The molecule has 0 spiro atoms. The van der Waals surface area contributed by atoms with E-state index in [0.29, 0.717) is 22.9 Å². The first-order valence-corrected chi connectivity index (χ1v) is 9.27. The molecule has 0 aromatic carbocycles. The second-order valence-corrected chi connectivity index (χ2v) is 7.33. The van der Waals surface area contributed by atoms with E-state index in [1.54, 1.807) is 51.2 Å². The summed E-state index contributed by atoms with van der Waals surface area (Å²) in [4.78, 5) is 32.1. The van der Waals surface area contributed by atoms with Gasteiger partial charge in [-0.05, 0) is 45.0 Å². The Bertz CT molecular complexity index is 1000. The van der Waals surface area contributed by atoms with Crippen LogP contribution in [0.25, 0.3) is 23.0 Å². The monoisotopic (exact) mass is 407 g/mol. The molecule has 3 heterocycles. The zero-order chi connectivity index (χ0) is 21.6. The van der Waals surface area contributed by atoms with Crippen LogP contribution in [-0.2, 0) is 14.3 Å². The number of pyridine rings is 2. The van der Waals surface area contributed by atoms with Crippen LogP contribution in [0.1, 0.15) is 33.6 Å². The molecule has 0 saturated heterocycles. The van der Waals surface area contributed by atoms with Gasteiger partial charge in [-0.1, -0.05) is 6.07 Å². The van der Waals surface area contributed by atoms with Crippen LogP contribution in [0.15, 0.2) is 42.7 Å². The van der Waals surface area contributed by atoms with Gasteiger partial charge >= 0.3 is 5.97 Å². The fraction of sp³-hybridized carbons (Fsp3) is 0.300. The van der Waals surface area contributed by atoms with E-state index in [4.69, 9.17) is 4.74 Å². The summed E-state index contributed by atoms with van der Waals surface area (Å²) in [6, 6.07) is 8.67. The predicted octanol–water partition coefficient (Wildman–Crippen LogP) is 2.45. The van der Waals surface area contributed by atoms with E-state index in [9.17, 15) is 9.59 Å². The Morgan fingerprint density at radius 3 is 2.10 bits per heavy atom. The second-order valence-electron chi connectivity index (χ2n) is 7.33. The topological polar surface area (TPSA) is 133 Å². The molecule has 0 aliphatic carbocycles. The Hall–Kier alpha value is -3.82. The molecule has 0 saturated carbocycles. The first-order valence-electron chi connectivity index (χ1n) is 9.27. The highest BCUT2D eigenvalue weighted by atomic mass is 16.6. The standard InChI is InChI=1S/C20H21N7O3/c1-20(2,3)30-17(29)10-9-16(28)23-13-7-8-15(22-12-13)19-26-24-18(25-27-19)14-6-4-5-11-21-14/h4-8,11-12H,9-10H2,1-3H3,(H,23,28). The van der Waals surface area contributed by atoms with Gasteiger partial charge in [-0.3, -0.25) is 19.6 Å². The number of anilines is 1. The molecule has 0 fully saturated rings. The third-order valence-electron chi connectivity index (χ3n) is 3.63. The zero-order valence-corrected chi connectivity index (χ0v) is 16.9. The zero-order valence-electron chi connectivity index (χ0n) is 16.9. The van der Waals surface area contributed by atoms with Crippen LogP contribution in [0.2, 0.25) is 0 Å². The van der Waals surface area contributed by atoms with E-state index < -0.39 is 11.6 Å². The van der Waals surface area contributed by atoms with Gasteiger partial charge in [0.05, 0.1) is 18.3 Å². The lowest BCUT2D eigenvalue weighted by atomic mass is 10.2. The minimum Gasteiger partial charge on any atom is -0.460 e. The summed E-state index contributed by atoms with van der Waals surface area (Å²) in [5.41, 5.74) is 0.935. The molecular weight excluding hydrogens is 386 g/mol. The minimum atomic E-state index is -0.574. The molecule has 10 heteroatoms. The fourth-order valence-corrected chi connectivity index (χ4v) is 2.36. The summed E-state index contributed by atoms with van der Waals surface area (Å²) in [5.74, 6) is -0.169. The summed E-state index contributed by atoms with van der Waals surface area (Å²) in [6.07, 6.45) is 3.12. The van der Waals surface area contributed by atoms with E-state index in [-0.39, 0.29) is 24.6 Å². The van der Waals surface area contributed by atoms with E-state index in [0.717, 1.165) is 0 Å². The van der Waals surface area contributed by atoms with Crippen molar-refractivity contribution < 1.29 is 14.3 Å². The summed E-state index contributed by atoms with van der Waals surface area (Å²) in [5, 5.41) is 18.8. The maximum absolute atomic E-state index is 12.0. The minimum absolute atomic E-state index is 0.00240. The molecule has 0 unspecified atom stereocenters. The average molecular weight is 407 g/mol. The number of amides is 1. The molecule has 0 aliphatic rings. The van der Waals surface area contributed by atoms with Crippen molar-refractivity contribution in [1.82, 2.24) is 30.4 Å². The first-order chi connectivity index (χ1) is 14.3. The molecular formula is C20H21N7O3. The summed E-state index contributed by atoms with van der Waals surface area (Å²) in [6.45, 7) is 5.33. The highest BCUT2D eigenvalue weighted by Crippen LogP contribution is 2.15. The van der Waals surface area contributed by atoms with Crippen LogP contribution in [0.4, 0.5) is 5.69 Å². The quantitative estimate of drug-likeness (QED) is 0.612. The molecule has 1 amide bonds. The summed E-state index contributed by atoms with van der Waals surface area (Å²) < 4.78 is 5.18. The van der Waals surface area contributed by atoms with E-state index in [2.05, 4.69) is 35.7 Å². The number of esters is 1. The maximum atomic E-state index is 12.0. The number of nitrogens with zero attached hydrogens (tertiary/aromatic N) is 6. The lowest BCUT2D eigenvalue weighted by Gasteiger charge is -2.19. The second kappa shape index (κ2) is 9.12. The molecule has 1 N–H and O–H groups in total. The number of carbonyl (C=O) groups is 2. The van der Waals surface area contributed by atoms with Crippen molar-refractivity contribution in [1.29, 1.82) is 0 Å². The van der Waals surface area contributed by atoms with E-state index in [1.165, 1.54) is 6.20 Å². The number of ether oxygens (including phenoxy) is 1. The molecule has 30 heavy (non-hydrogen) atoms. The molecule has 154 valence electrons. The van der Waals surface area contributed by atoms with Gasteiger partial charge in [0, 0.05) is 12.6 Å². The number of nitrogens with one attached hydrogen (secondary N) is 1. The van der Waals surface area contributed by atoms with Crippen LogP contribution >= 0.6 is 0 Å². The third-order valence-corrected chi connectivity index (χ3v) is 3.63. The van der Waals surface area contributed by atoms with Crippen molar-refractivity contribution in [3.05, 3.63) is 42.7 Å². The number of carbonyl (C=O) groups excluding carboxylic acids is 2. The molecule has 3 rings (SSSR count). The average Bonchev–Trinajstić information content (AvgIpc) is 2.72. The van der Waals surface area contributed by atoms with Crippen LogP contribution in [0, 0.1) is 0 Å². The van der Waals surface area contributed by atoms with Crippen LogP contribution in [0.3, 0.4) is 0 Å². The molecule has 0 atom stereocenters. The Kier molecular flexibility index (Phi) is 6.35. The van der Waals surface area contributed by atoms with Gasteiger partial charge in [0.1, 0.15) is 17.0 Å². The number of hydrogen-bond donors (Lipinski definition) is 1. The highest BCUT2D eigenvalue weighted by molar-refractivity contribution is 5.92. The number of rotatable bonds is 6. The van der Waals surface area contributed by atoms with Crippen molar-refractivity contribution >= 4 is 17.6 Å². The molecule has 3 aromatic rings. The third kappa shape index (κ3) is 6.09. The lowest BCUT2D eigenvalue weighted by molar-refractivity contribution is -0.155. The van der Waals surface area contributed by atoms with Crippen molar-refractivity contribution in [2.45, 2.75) is 39.2 Å². The van der Waals surface area contributed by atoms with Gasteiger partial charge in [0.25, 0.3) is 0 Å². The van der Waals surface area contributed by atoms with Gasteiger partial charge < -0.3 is 10.1 Å². The largest absolute Gasteiger partial charge is 0.460 e. The summed E-state index contributed by atoms with van der Waals surface area (Å²) in [7, 11) is 0. The first kappa shape index (κ1) is 20.9. The molecule has 0 radical (unpaired) electrons. The maximum Gasteiger partial charge on any atom is 0.306 e. The molecule has 10 nitrogen and oxygen atoms in total. The SMILES string of the molecule is CC(C)(C)OC(=O)CCC(=O)Nc1ccc(-c2nnc(-c3ccccn3)nn2)nc1. The lowest BCUT2D eigenvalue weighted by Crippen LogP contribution is -2.24.